The Hall–Kier alpha value is -7.76. The minimum absolute atomic E-state index is 0.114. The number of benzene rings is 8. The quantitative estimate of drug-likeness (QED) is 0.122. The van der Waals surface area contributed by atoms with E-state index in [0.29, 0.717) is 11.1 Å². The van der Waals surface area contributed by atoms with Crippen LogP contribution in [0, 0.1) is 0 Å². The van der Waals surface area contributed by atoms with Gasteiger partial charge in [0.2, 0.25) is 0 Å². The molecule has 0 saturated heterocycles. The largest absolute Gasteiger partial charge is 0.504 e. The summed E-state index contributed by atoms with van der Waals surface area (Å²) < 4.78 is 18.7. The molecule has 5 nitrogen and oxygen atoms in total. The second-order valence-corrected chi connectivity index (χ2v) is 13.3. The van der Waals surface area contributed by atoms with E-state index >= 15 is 0 Å². The summed E-state index contributed by atoms with van der Waals surface area (Å²) in [5.74, 6) is -0.353. The molecule has 0 aromatic heterocycles. The summed E-state index contributed by atoms with van der Waals surface area (Å²) in [6.07, 6.45) is 0. The molecule has 8 aromatic carbocycles. The number of hydrogen-bond donors (Lipinski definition) is 2. The van der Waals surface area contributed by atoms with E-state index in [1.807, 2.05) is 182 Å². The molecule has 276 valence electrons. The van der Waals surface area contributed by atoms with E-state index in [1.165, 1.54) is 0 Å². The van der Waals surface area contributed by atoms with Gasteiger partial charge in [-0.15, -0.1) is 0 Å². The summed E-state index contributed by atoms with van der Waals surface area (Å²) >= 11 is 0. The molecule has 0 amide bonds. The van der Waals surface area contributed by atoms with Crippen molar-refractivity contribution in [1.82, 2.24) is 0 Å². The topological polar surface area (TPSA) is 68.2 Å². The molecule has 57 heavy (non-hydrogen) atoms. The van der Waals surface area contributed by atoms with Crippen LogP contribution in [0.5, 0.6) is 23.0 Å². The Morgan fingerprint density at radius 3 is 0.860 bits per heavy atom. The molecule has 2 N–H and O–H groups in total. The Bertz CT molecular complexity index is 2470. The predicted molar refractivity (Wildman–Crippen MR) is 229 cm³/mol. The molecule has 5 heteroatoms. The lowest BCUT2D eigenvalue weighted by Crippen LogP contribution is -2.06. The minimum Gasteiger partial charge on any atom is -0.504 e. The van der Waals surface area contributed by atoms with Crippen LogP contribution in [0.3, 0.4) is 0 Å². The Labute approximate surface area is 332 Å². The molecule has 0 heterocycles. The Kier molecular flexibility index (Phi) is 10.4. The van der Waals surface area contributed by atoms with Gasteiger partial charge in [-0.05, 0) is 69.8 Å². The molecule has 0 fully saturated rings. The van der Waals surface area contributed by atoms with E-state index in [4.69, 9.17) is 14.2 Å². The van der Waals surface area contributed by atoms with Gasteiger partial charge in [-0.25, -0.2) is 0 Å². The molecule has 8 rings (SSSR count). The summed E-state index contributed by atoms with van der Waals surface area (Å²) in [4.78, 5) is 0. The summed E-state index contributed by atoms with van der Waals surface area (Å²) in [6, 6.07) is 62.6. The molecule has 0 bridgehead atoms. The molecule has 0 spiro atoms. The first-order chi connectivity index (χ1) is 28.0. The second-order valence-electron chi connectivity index (χ2n) is 13.3. The lowest BCUT2D eigenvalue weighted by Gasteiger charge is -2.23. The molecule has 0 aliphatic rings. The zero-order valence-corrected chi connectivity index (χ0v) is 31.0. The van der Waals surface area contributed by atoms with Crippen molar-refractivity contribution >= 4 is 0 Å². The Morgan fingerprint density at radius 2 is 0.579 bits per heavy atom. The smallest absolute Gasteiger partial charge is 0.285 e. The second kappa shape index (κ2) is 16.3. The number of hydrogen-bond acceptors (Lipinski definition) is 5. The van der Waals surface area contributed by atoms with Gasteiger partial charge in [0, 0.05) is 22.3 Å². The molecule has 0 unspecified atom stereocenters. The normalized spacial score (nSPS) is 10.7. The van der Waals surface area contributed by atoms with Crippen LogP contribution < -0.4 is 9.47 Å². The SMILES string of the molecule is C=C(OC(=C)Oc1c(O)cc(-c2ccccc2)c(-c2ccccc2)c1-c1ccccc1)Oc1c(O)cc(-c2ccccc2)c(-c2ccccc2)c1-c1ccccc1. The van der Waals surface area contributed by atoms with Crippen LogP contribution in [0.4, 0.5) is 0 Å². The van der Waals surface area contributed by atoms with E-state index in [0.717, 1.165) is 55.6 Å². The lowest BCUT2D eigenvalue weighted by atomic mass is 9.86. The maximum atomic E-state index is 11.7. The van der Waals surface area contributed by atoms with Gasteiger partial charge in [-0.3, -0.25) is 0 Å². The molecule has 0 saturated carbocycles. The Balaban J connectivity index is 1.20. The summed E-state index contributed by atoms with van der Waals surface area (Å²) in [6.45, 7) is 8.11. The molecule has 0 aliphatic heterocycles. The van der Waals surface area contributed by atoms with E-state index in [-0.39, 0.29) is 34.9 Å². The highest BCUT2D eigenvalue weighted by Gasteiger charge is 2.26. The molecule has 8 aromatic rings. The van der Waals surface area contributed by atoms with E-state index < -0.39 is 0 Å². The van der Waals surface area contributed by atoms with Crippen LogP contribution in [0.15, 0.2) is 219 Å². The van der Waals surface area contributed by atoms with Crippen molar-refractivity contribution in [2.45, 2.75) is 0 Å². The third kappa shape index (κ3) is 7.63. The van der Waals surface area contributed by atoms with Crippen molar-refractivity contribution in [3.8, 4) is 89.8 Å². The van der Waals surface area contributed by atoms with Gasteiger partial charge in [0.15, 0.2) is 23.0 Å². The molecule has 0 atom stereocenters. The van der Waals surface area contributed by atoms with Gasteiger partial charge in [-0.2, -0.15) is 0 Å². The van der Waals surface area contributed by atoms with Crippen LogP contribution in [0.2, 0.25) is 0 Å². The van der Waals surface area contributed by atoms with Crippen molar-refractivity contribution in [1.29, 1.82) is 0 Å². The first-order valence-corrected chi connectivity index (χ1v) is 18.5. The average molecular weight is 743 g/mol. The van der Waals surface area contributed by atoms with E-state index in [1.54, 1.807) is 12.1 Å². The van der Waals surface area contributed by atoms with Crippen LogP contribution in [-0.4, -0.2) is 10.2 Å². The van der Waals surface area contributed by atoms with Crippen molar-refractivity contribution in [3.05, 3.63) is 219 Å². The fraction of sp³-hybridized carbons (Fsp3) is 0. The third-order valence-corrected chi connectivity index (χ3v) is 9.60. The van der Waals surface area contributed by atoms with Gasteiger partial charge in [0.05, 0.1) is 0 Å². The van der Waals surface area contributed by atoms with E-state index in [2.05, 4.69) is 13.2 Å². The highest BCUT2D eigenvalue weighted by atomic mass is 16.7. The average Bonchev–Trinajstić information content (AvgIpc) is 3.26. The van der Waals surface area contributed by atoms with Crippen molar-refractivity contribution in [2.75, 3.05) is 0 Å². The zero-order valence-electron chi connectivity index (χ0n) is 31.0. The zero-order chi connectivity index (χ0) is 39.1. The van der Waals surface area contributed by atoms with Crippen molar-refractivity contribution in [2.24, 2.45) is 0 Å². The molecule has 0 aliphatic carbocycles. The minimum atomic E-state index is -0.205. The van der Waals surface area contributed by atoms with Gasteiger partial charge in [0.1, 0.15) is 0 Å². The van der Waals surface area contributed by atoms with Crippen LogP contribution in [0.1, 0.15) is 0 Å². The number of phenolic OH excluding ortho intramolecular Hbond substituents is 2. The monoisotopic (exact) mass is 742 g/mol. The lowest BCUT2D eigenvalue weighted by molar-refractivity contribution is 0.0896. The molecular formula is C52H38O5. The third-order valence-electron chi connectivity index (χ3n) is 9.60. The summed E-state index contributed by atoms with van der Waals surface area (Å²) in [7, 11) is 0. The number of aromatic hydroxyl groups is 2. The first kappa shape index (κ1) is 36.2. The van der Waals surface area contributed by atoms with E-state index in [9.17, 15) is 10.2 Å². The first-order valence-electron chi connectivity index (χ1n) is 18.5. The molecular weight excluding hydrogens is 705 g/mol. The standard InChI is InChI=1S/C52H38O5/c1-35(56-51-45(53)33-43(37-21-9-3-10-22-37)47(39-25-13-5-14-26-39)49(51)41-29-17-7-18-30-41)55-36(2)57-52-46(54)34-44(38-23-11-4-12-24-38)48(40-27-15-6-16-28-40)50(52)42-31-19-8-20-32-42/h3-34,53-54H,1-2H2. The van der Waals surface area contributed by atoms with Crippen molar-refractivity contribution in [3.63, 3.8) is 0 Å². The van der Waals surface area contributed by atoms with Crippen LogP contribution >= 0.6 is 0 Å². The number of ether oxygens (including phenoxy) is 3. The van der Waals surface area contributed by atoms with Crippen molar-refractivity contribution < 1.29 is 24.4 Å². The maximum Gasteiger partial charge on any atom is 0.285 e. The van der Waals surface area contributed by atoms with Gasteiger partial charge in [0.25, 0.3) is 11.9 Å². The fourth-order valence-electron chi connectivity index (χ4n) is 7.16. The summed E-state index contributed by atoms with van der Waals surface area (Å²) in [5, 5.41) is 23.5. The number of phenols is 2. The predicted octanol–water partition coefficient (Wildman–Crippen LogP) is 13.5. The highest BCUT2D eigenvalue weighted by molar-refractivity contribution is 6.00. The van der Waals surface area contributed by atoms with Gasteiger partial charge in [-0.1, -0.05) is 182 Å². The van der Waals surface area contributed by atoms with Gasteiger partial charge < -0.3 is 24.4 Å². The molecule has 0 radical (unpaired) electrons. The Morgan fingerprint density at radius 1 is 0.333 bits per heavy atom. The fourth-order valence-corrected chi connectivity index (χ4v) is 7.16. The van der Waals surface area contributed by atoms with Gasteiger partial charge >= 0.3 is 0 Å². The summed E-state index contributed by atoms with van der Waals surface area (Å²) in [5.41, 5.74) is 9.97. The number of rotatable bonds is 12. The van der Waals surface area contributed by atoms with Crippen LogP contribution in [0.25, 0.3) is 66.8 Å². The van der Waals surface area contributed by atoms with Crippen LogP contribution in [-0.2, 0) is 4.74 Å². The highest BCUT2D eigenvalue weighted by Crippen LogP contribution is 2.52. The maximum absolute atomic E-state index is 11.7.